The Bertz CT molecular complexity index is 779. The summed E-state index contributed by atoms with van der Waals surface area (Å²) >= 11 is 0. The van der Waals surface area contributed by atoms with Gasteiger partial charge < -0.3 is 19.7 Å². The molecule has 0 bridgehead atoms. The summed E-state index contributed by atoms with van der Waals surface area (Å²) in [5.74, 6) is 4.24. The molecule has 0 saturated carbocycles. The molecular weight excluding hydrogens is 340 g/mol. The molecule has 0 aliphatic carbocycles. The maximum Gasteiger partial charge on any atom is 0.161 e. The van der Waals surface area contributed by atoms with Gasteiger partial charge in [0, 0.05) is 25.7 Å². The number of unbranched alkanes of at least 4 members (excludes halogenated alkanes) is 2. The standard InChI is InChI=1S/C21H30N4O2/c1-5-6-7-9-22-20-13-21(24-15(2)23-20)25-10-8-16-11-18(26-3)19(27-4)12-17(16)14-25/h11-13H,5-10,14H2,1-4H3,(H,22,23,24). The van der Waals surface area contributed by atoms with Gasteiger partial charge in [-0.05, 0) is 43.0 Å². The first-order chi connectivity index (χ1) is 13.1. The van der Waals surface area contributed by atoms with Gasteiger partial charge in [-0.25, -0.2) is 9.97 Å². The summed E-state index contributed by atoms with van der Waals surface area (Å²) in [6.07, 6.45) is 4.57. The maximum atomic E-state index is 5.47. The zero-order valence-corrected chi connectivity index (χ0v) is 16.8. The third-order valence-corrected chi connectivity index (χ3v) is 4.95. The van der Waals surface area contributed by atoms with Crippen molar-refractivity contribution in [1.29, 1.82) is 0 Å². The lowest BCUT2D eigenvalue weighted by molar-refractivity contribution is 0.353. The summed E-state index contributed by atoms with van der Waals surface area (Å²) in [5, 5.41) is 3.44. The van der Waals surface area contributed by atoms with Crippen LogP contribution in [-0.4, -0.2) is 37.3 Å². The number of nitrogens with zero attached hydrogens (tertiary/aromatic N) is 3. The van der Waals surface area contributed by atoms with E-state index in [2.05, 4.69) is 45.3 Å². The predicted molar refractivity (Wildman–Crippen MR) is 109 cm³/mol. The van der Waals surface area contributed by atoms with Crippen LogP contribution in [0.5, 0.6) is 11.5 Å². The first-order valence-electron chi connectivity index (χ1n) is 9.73. The molecule has 146 valence electrons. The van der Waals surface area contributed by atoms with Gasteiger partial charge >= 0.3 is 0 Å². The van der Waals surface area contributed by atoms with Gasteiger partial charge in [0.05, 0.1) is 14.2 Å². The monoisotopic (exact) mass is 370 g/mol. The third-order valence-electron chi connectivity index (χ3n) is 4.95. The SMILES string of the molecule is CCCCCNc1cc(N2CCc3cc(OC)c(OC)cc3C2)nc(C)n1. The molecule has 0 atom stereocenters. The van der Waals surface area contributed by atoms with E-state index in [4.69, 9.17) is 9.47 Å². The minimum Gasteiger partial charge on any atom is -0.493 e. The zero-order valence-electron chi connectivity index (χ0n) is 16.8. The van der Waals surface area contributed by atoms with E-state index in [9.17, 15) is 0 Å². The van der Waals surface area contributed by atoms with Crippen molar-refractivity contribution in [3.63, 3.8) is 0 Å². The molecule has 0 amide bonds. The summed E-state index contributed by atoms with van der Waals surface area (Å²) in [7, 11) is 3.35. The highest BCUT2D eigenvalue weighted by Crippen LogP contribution is 2.34. The van der Waals surface area contributed by atoms with Crippen LogP contribution >= 0.6 is 0 Å². The molecule has 3 rings (SSSR count). The molecule has 1 aliphatic rings. The van der Waals surface area contributed by atoms with Gasteiger partial charge in [0.2, 0.25) is 0 Å². The number of benzene rings is 1. The van der Waals surface area contributed by atoms with Crippen LogP contribution in [0.2, 0.25) is 0 Å². The second kappa shape index (κ2) is 8.93. The fourth-order valence-electron chi connectivity index (χ4n) is 3.47. The Kier molecular flexibility index (Phi) is 6.37. The van der Waals surface area contributed by atoms with Crippen molar-refractivity contribution >= 4 is 11.6 Å². The number of ether oxygens (including phenoxy) is 2. The van der Waals surface area contributed by atoms with Crippen molar-refractivity contribution in [2.75, 3.05) is 37.5 Å². The van der Waals surface area contributed by atoms with E-state index in [1.807, 2.05) is 6.92 Å². The summed E-state index contributed by atoms with van der Waals surface area (Å²) < 4.78 is 10.9. The highest BCUT2D eigenvalue weighted by molar-refractivity contribution is 5.54. The van der Waals surface area contributed by atoms with Crippen molar-refractivity contribution in [3.05, 3.63) is 35.2 Å². The lowest BCUT2D eigenvalue weighted by Crippen LogP contribution is -2.31. The van der Waals surface area contributed by atoms with E-state index >= 15 is 0 Å². The van der Waals surface area contributed by atoms with Gasteiger partial charge in [-0.1, -0.05) is 19.8 Å². The highest BCUT2D eigenvalue weighted by Gasteiger charge is 2.21. The number of aromatic nitrogens is 2. The van der Waals surface area contributed by atoms with Gasteiger partial charge in [0.25, 0.3) is 0 Å². The largest absolute Gasteiger partial charge is 0.493 e. The number of aryl methyl sites for hydroxylation is 1. The molecule has 0 unspecified atom stereocenters. The highest BCUT2D eigenvalue weighted by atomic mass is 16.5. The van der Waals surface area contributed by atoms with Crippen LogP contribution in [0.3, 0.4) is 0 Å². The van der Waals surface area contributed by atoms with Crippen LogP contribution in [0.1, 0.15) is 43.1 Å². The molecule has 6 heteroatoms. The van der Waals surface area contributed by atoms with Crippen LogP contribution in [0.25, 0.3) is 0 Å². The van der Waals surface area contributed by atoms with Crippen LogP contribution in [0, 0.1) is 6.92 Å². The average Bonchev–Trinajstić information content (AvgIpc) is 2.69. The van der Waals surface area contributed by atoms with Gasteiger partial charge in [0.15, 0.2) is 11.5 Å². The van der Waals surface area contributed by atoms with E-state index in [-0.39, 0.29) is 0 Å². The van der Waals surface area contributed by atoms with Crippen LogP contribution in [-0.2, 0) is 13.0 Å². The molecule has 6 nitrogen and oxygen atoms in total. The zero-order chi connectivity index (χ0) is 19.2. The quantitative estimate of drug-likeness (QED) is 0.710. The Balaban J connectivity index is 1.77. The Morgan fingerprint density at radius 1 is 1.04 bits per heavy atom. The van der Waals surface area contributed by atoms with Crippen LogP contribution < -0.4 is 19.7 Å². The molecule has 0 saturated heterocycles. The molecule has 0 spiro atoms. The number of hydrogen-bond donors (Lipinski definition) is 1. The second-order valence-electron chi connectivity index (χ2n) is 6.94. The number of rotatable bonds is 8. The van der Waals surface area contributed by atoms with Gasteiger partial charge in [-0.15, -0.1) is 0 Å². The lowest BCUT2D eigenvalue weighted by atomic mass is 9.99. The number of fused-ring (bicyclic) bond motifs is 1. The third kappa shape index (κ3) is 4.62. The molecule has 1 aromatic heterocycles. The Morgan fingerprint density at radius 2 is 1.78 bits per heavy atom. The van der Waals surface area contributed by atoms with Gasteiger partial charge in [0.1, 0.15) is 17.5 Å². The van der Waals surface area contributed by atoms with E-state index in [1.165, 1.54) is 24.0 Å². The molecule has 2 heterocycles. The minimum absolute atomic E-state index is 0.773. The number of nitrogens with one attached hydrogen (secondary N) is 1. The predicted octanol–water partition coefficient (Wildman–Crippen LogP) is 3.97. The topological polar surface area (TPSA) is 59.5 Å². The Morgan fingerprint density at radius 3 is 2.48 bits per heavy atom. The second-order valence-corrected chi connectivity index (χ2v) is 6.94. The minimum atomic E-state index is 0.773. The molecule has 1 N–H and O–H groups in total. The fourth-order valence-corrected chi connectivity index (χ4v) is 3.47. The smallest absolute Gasteiger partial charge is 0.161 e. The number of methoxy groups -OCH3 is 2. The fraction of sp³-hybridized carbons (Fsp3) is 0.524. The molecular formula is C21H30N4O2. The summed E-state index contributed by atoms with van der Waals surface area (Å²) in [6, 6.07) is 6.24. The first-order valence-corrected chi connectivity index (χ1v) is 9.73. The molecule has 1 aliphatic heterocycles. The molecule has 2 aromatic rings. The van der Waals surface area contributed by atoms with E-state index < -0.39 is 0 Å². The Labute approximate surface area is 161 Å². The van der Waals surface area contributed by atoms with E-state index in [1.54, 1.807) is 14.2 Å². The van der Waals surface area contributed by atoms with Crippen molar-refractivity contribution in [1.82, 2.24) is 9.97 Å². The number of hydrogen-bond acceptors (Lipinski definition) is 6. The molecule has 27 heavy (non-hydrogen) atoms. The van der Waals surface area contributed by atoms with Crippen molar-refractivity contribution in [2.45, 2.75) is 46.1 Å². The van der Waals surface area contributed by atoms with Crippen molar-refractivity contribution < 1.29 is 9.47 Å². The molecule has 0 radical (unpaired) electrons. The summed E-state index contributed by atoms with van der Waals surface area (Å²) in [4.78, 5) is 11.5. The van der Waals surface area contributed by atoms with Crippen molar-refractivity contribution in [3.8, 4) is 11.5 Å². The van der Waals surface area contributed by atoms with Crippen molar-refractivity contribution in [2.24, 2.45) is 0 Å². The number of anilines is 2. The summed E-state index contributed by atoms with van der Waals surface area (Å²) in [5.41, 5.74) is 2.57. The van der Waals surface area contributed by atoms with Crippen LogP contribution in [0.4, 0.5) is 11.6 Å². The maximum absolute atomic E-state index is 5.47. The van der Waals surface area contributed by atoms with E-state index in [0.717, 1.165) is 61.4 Å². The van der Waals surface area contributed by atoms with Crippen LogP contribution in [0.15, 0.2) is 18.2 Å². The van der Waals surface area contributed by atoms with E-state index in [0.29, 0.717) is 0 Å². The normalized spacial score (nSPS) is 13.3. The molecule has 0 fully saturated rings. The van der Waals surface area contributed by atoms with Gasteiger partial charge in [-0.3, -0.25) is 0 Å². The Hall–Kier alpha value is -2.50. The average molecular weight is 370 g/mol. The molecule has 1 aromatic carbocycles. The summed E-state index contributed by atoms with van der Waals surface area (Å²) in [6.45, 7) is 6.84. The first kappa shape index (κ1) is 19.3. The van der Waals surface area contributed by atoms with Gasteiger partial charge in [-0.2, -0.15) is 0 Å². The lowest BCUT2D eigenvalue weighted by Gasteiger charge is -2.30.